The van der Waals surface area contributed by atoms with E-state index in [2.05, 4.69) is 4.99 Å². The molecule has 0 fully saturated rings. The third-order valence-electron chi connectivity index (χ3n) is 7.26. The van der Waals surface area contributed by atoms with E-state index in [-0.39, 0.29) is 23.3 Å². The number of benzene rings is 3. The average molecular weight is 595 g/mol. The molecule has 6 rings (SSSR count). The number of carbonyl (C=O) groups is 2. The van der Waals surface area contributed by atoms with Crippen LogP contribution in [0.3, 0.4) is 0 Å². The fourth-order valence-electron chi connectivity index (χ4n) is 5.29. The molecule has 0 saturated carbocycles. The van der Waals surface area contributed by atoms with Gasteiger partial charge in [0.05, 0.1) is 35.1 Å². The Balaban J connectivity index is 1.53. The van der Waals surface area contributed by atoms with Crippen LogP contribution in [0.2, 0.25) is 0 Å². The third-order valence-corrected chi connectivity index (χ3v) is 8.24. The van der Waals surface area contributed by atoms with Crippen LogP contribution in [0.15, 0.2) is 98.3 Å². The first-order valence-electron chi connectivity index (χ1n) is 13.5. The van der Waals surface area contributed by atoms with Gasteiger partial charge in [-0.05, 0) is 55.0 Å². The number of aromatic carboxylic acids is 1. The number of methoxy groups -OCH3 is 1. The van der Waals surface area contributed by atoms with Gasteiger partial charge in [0, 0.05) is 17.2 Å². The minimum atomic E-state index is -1.01. The van der Waals surface area contributed by atoms with E-state index in [0.717, 1.165) is 10.8 Å². The lowest BCUT2D eigenvalue weighted by Gasteiger charge is -2.27. The van der Waals surface area contributed by atoms with E-state index >= 15 is 0 Å². The Kier molecular flexibility index (Phi) is 7.29. The number of fused-ring (bicyclic) bond motifs is 2. The number of ether oxygens (including phenoxy) is 2. The minimum Gasteiger partial charge on any atom is -0.496 e. The number of carboxylic acid groups (broad SMARTS) is 1. The van der Waals surface area contributed by atoms with E-state index in [1.807, 2.05) is 36.4 Å². The maximum Gasteiger partial charge on any atom is 0.338 e. The van der Waals surface area contributed by atoms with E-state index in [1.165, 1.54) is 28.0 Å². The summed E-state index contributed by atoms with van der Waals surface area (Å²) in [4.78, 5) is 43.8. The topological polar surface area (TPSA) is 120 Å². The number of furan rings is 1. The largest absolute Gasteiger partial charge is 0.496 e. The van der Waals surface area contributed by atoms with Gasteiger partial charge in [-0.1, -0.05) is 53.8 Å². The highest BCUT2D eigenvalue weighted by Gasteiger charge is 2.36. The van der Waals surface area contributed by atoms with Crippen molar-refractivity contribution >= 4 is 40.1 Å². The van der Waals surface area contributed by atoms with Gasteiger partial charge in [-0.25, -0.2) is 14.6 Å². The molecule has 216 valence electrons. The molecule has 0 radical (unpaired) electrons. The van der Waals surface area contributed by atoms with Crippen LogP contribution < -0.4 is 19.6 Å². The lowest BCUT2D eigenvalue weighted by Crippen LogP contribution is -2.40. The Morgan fingerprint density at radius 2 is 1.84 bits per heavy atom. The summed E-state index contributed by atoms with van der Waals surface area (Å²) in [5, 5.41) is 10.9. The Labute approximate surface area is 249 Å². The Hall–Kier alpha value is -5.22. The maximum absolute atomic E-state index is 14.1. The minimum absolute atomic E-state index is 0.166. The van der Waals surface area contributed by atoms with Gasteiger partial charge in [0.2, 0.25) is 0 Å². The number of aromatic nitrogens is 1. The fourth-order valence-corrected chi connectivity index (χ4v) is 6.32. The predicted molar refractivity (Wildman–Crippen MR) is 162 cm³/mol. The summed E-state index contributed by atoms with van der Waals surface area (Å²) in [5.74, 6) is -0.0808. The summed E-state index contributed by atoms with van der Waals surface area (Å²) >= 11 is 1.19. The summed E-state index contributed by atoms with van der Waals surface area (Å²) in [6.45, 7) is 3.64. The summed E-state index contributed by atoms with van der Waals surface area (Å²) < 4.78 is 19.1. The molecule has 1 aliphatic heterocycles. The van der Waals surface area contributed by atoms with Crippen LogP contribution >= 0.6 is 11.3 Å². The zero-order chi connectivity index (χ0) is 30.2. The molecule has 9 nitrogen and oxygen atoms in total. The number of nitrogens with zero attached hydrogens (tertiary/aromatic N) is 2. The molecule has 0 spiro atoms. The van der Waals surface area contributed by atoms with E-state index in [4.69, 9.17) is 13.9 Å². The molecule has 0 saturated heterocycles. The standard InChI is InChI=1S/C33H26N2O7S/c1-4-41-32(39)27-18(2)34-33-35(29(27)28-23-8-6-5-7-19(23)13-15-25(28)40-3)30(36)26(43-33)17-22-14-16-24(42-22)20-9-11-21(12-10-20)31(37)38/h5-17,29H,4H2,1-3H3,(H,37,38)/b26-17-. The first kappa shape index (κ1) is 27.9. The first-order chi connectivity index (χ1) is 20.8. The van der Waals surface area contributed by atoms with Crippen LogP contribution in [-0.2, 0) is 9.53 Å². The molecule has 1 N–H and O–H groups in total. The number of rotatable bonds is 7. The van der Waals surface area contributed by atoms with Gasteiger partial charge in [0.25, 0.3) is 5.56 Å². The summed E-state index contributed by atoms with van der Waals surface area (Å²) in [5.41, 5.74) is 1.91. The van der Waals surface area contributed by atoms with E-state index in [9.17, 15) is 19.5 Å². The van der Waals surface area contributed by atoms with Crippen molar-refractivity contribution in [3.63, 3.8) is 0 Å². The van der Waals surface area contributed by atoms with Crippen LogP contribution in [0.4, 0.5) is 0 Å². The highest BCUT2D eigenvalue weighted by molar-refractivity contribution is 7.07. The zero-order valence-electron chi connectivity index (χ0n) is 23.5. The van der Waals surface area contributed by atoms with Crippen molar-refractivity contribution in [1.29, 1.82) is 0 Å². The first-order valence-corrected chi connectivity index (χ1v) is 14.3. The van der Waals surface area contributed by atoms with Gasteiger partial charge in [0.15, 0.2) is 4.80 Å². The lowest BCUT2D eigenvalue weighted by atomic mass is 9.90. The Bertz CT molecular complexity index is 2120. The van der Waals surface area contributed by atoms with Gasteiger partial charge in [-0.3, -0.25) is 9.36 Å². The molecule has 0 bridgehead atoms. The molecule has 3 aromatic carbocycles. The molecule has 5 aromatic rings. The predicted octanol–water partition coefficient (Wildman–Crippen LogP) is 4.92. The quantitative estimate of drug-likeness (QED) is 0.266. The molecular formula is C33H26N2O7S. The molecule has 1 atom stereocenters. The number of esters is 1. The van der Waals surface area contributed by atoms with Crippen LogP contribution in [-0.4, -0.2) is 35.3 Å². The molecule has 2 aromatic heterocycles. The van der Waals surface area contributed by atoms with Crippen molar-refractivity contribution in [2.45, 2.75) is 19.9 Å². The van der Waals surface area contributed by atoms with Crippen molar-refractivity contribution in [3.05, 3.63) is 121 Å². The number of allylic oxidation sites excluding steroid dienone is 1. The molecule has 0 amide bonds. The van der Waals surface area contributed by atoms with Crippen molar-refractivity contribution in [3.8, 4) is 17.1 Å². The van der Waals surface area contributed by atoms with Crippen LogP contribution in [0.5, 0.6) is 5.75 Å². The average Bonchev–Trinajstić information content (AvgIpc) is 3.60. The van der Waals surface area contributed by atoms with E-state index in [1.54, 1.807) is 51.3 Å². The maximum atomic E-state index is 14.1. The van der Waals surface area contributed by atoms with E-state index < -0.39 is 18.0 Å². The summed E-state index contributed by atoms with van der Waals surface area (Å²) in [7, 11) is 1.56. The second-order valence-corrected chi connectivity index (χ2v) is 10.8. The van der Waals surface area contributed by atoms with Crippen molar-refractivity contribution in [2.24, 2.45) is 4.99 Å². The molecular weight excluding hydrogens is 568 g/mol. The van der Waals surface area contributed by atoms with Crippen molar-refractivity contribution < 1.29 is 28.6 Å². The molecule has 1 unspecified atom stereocenters. The number of carbonyl (C=O) groups excluding carboxylic acids is 1. The second kappa shape index (κ2) is 11.2. The number of hydrogen-bond acceptors (Lipinski definition) is 8. The zero-order valence-corrected chi connectivity index (χ0v) is 24.3. The Morgan fingerprint density at radius 3 is 2.56 bits per heavy atom. The molecule has 10 heteroatoms. The fraction of sp³-hybridized carbons (Fsp3) is 0.152. The summed E-state index contributed by atoms with van der Waals surface area (Å²) in [6.07, 6.45) is 1.64. The van der Waals surface area contributed by atoms with Crippen molar-refractivity contribution in [1.82, 2.24) is 4.57 Å². The third kappa shape index (κ3) is 4.95. The van der Waals surface area contributed by atoms with E-state index in [0.29, 0.717) is 43.4 Å². The van der Waals surface area contributed by atoms with Gasteiger partial charge in [-0.15, -0.1) is 0 Å². The SMILES string of the molecule is CCOC(=O)C1=C(C)N=c2s/c(=C\c3ccc(-c4ccc(C(=O)O)cc4)o3)c(=O)n2C1c1c(OC)ccc2ccccc12. The molecule has 3 heterocycles. The highest BCUT2D eigenvalue weighted by atomic mass is 32.1. The molecule has 43 heavy (non-hydrogen) atoms. The van der Waals surface area contributed by atoms with Gasteiger partial charge in [-0.2, -0.15) is 0 Å². The molecule has 0 aliphatic carbocycles. The van der Waals surface area contributed by atoms with Gasteiger partial charge < -0.3 is 19.0 Å². The van der Waals surface area contributed by atoms with Crippen molar-refractivity contribution in [2.75, 3.05) is 13.7 Å². The Morgan fingerprint density at radius 1 is 1.07 bits per heavy atom. The number of hydrogen-bond donors (Lipinski definition) is 1. The number of thiazole rings is 1. The molecule has 1 aliphatic rings. The monoisotopic (exact) mass is 594 g/mol. The summed E-state index contributed by atoms with van der Waals surface area (Å²) in [6, 6.07) is 20.5. The van der Waals surface area contributed by atoms with Gasteiger partial charge >= 0.3 is 11.9 Å². The highest BCUT2D eigenvalue weighted by Crippen LogP contribution is 2.40. The second-order valence-electron chi connectivity index (χ2n) is 9.79. The van der Waals surface area contributed by atoms with Gasteiger partial charge in [0.1, 0.15) is 23.3 Å². The smallest absolute Gasteiger partial charge is 0.338 e. The van der Waals surface area contributed by atoms with Crippen LogP contribution in [0.1, 0.15) is 41.6 Å². The van der Waals surface area contributed by atoms with Crippen LogP contribution in [0.25, 0.3) is 28.2 Å². The number of carboxylic acids is 1. The van der Waals surface area contributed by atoms with Crippen LogP contribution in [0, 0.1) is 0 Å². The lowest BCUT2D eigenvalue weighted by molar-refractivity contribution is -0.139. The normalized spacial score (nSPS) is 14.9.